The maximum absolute atomic E-state index is 13.9. The van der Waals surface area contributed by atoms with Crippen molar-refractivity contribution < 1.29 is 18.7 Å². The molecule has 0 aromatic heterocycles. The third kappa shape index (κ3) is 2.61. The van der Waals surface area contributed by atoms with Crippen molar-refractivity contribution in [2.24, 2.45) is 0 Å². The lowest BCUT2D eigenvalue weighted by atomic mass is 9.63. The summed E-state index contributed by atoms with van der Waals surface area (Å²) in [6.07, 6.45) is 1.26. The van der Waals surface area contributed by atoms with Crippen LogP contribution in [-0.4, -0.2) is 23.7 Å². The number of benzene rings is 1. The summed E-state index contributed by atoms with van der Waals surface area (Å²) >= 11 is 0. The first kappa shape index (κ1) is 13.9. The van der Waals surface area contributed by atoms with Crippen molar-refractivity contribution in [2.75, 3.05) is 6.54 Å². The molecule has 0 heterocycles. The van der Waals surface area contributed by atoms with E-state index in [9.17, 15) is 18.7 Å². The molecule has 3 nitrogen and oxygen atoms in total. The van der Waals surface area contributed by atoms with Crippen molar-refractivity contribution in [3.05, 3.63) is 35.4 Å². The highest BCUT2D eigenvalue weighted by molar-refractivity contribution is 5.89. The summed E-state index contributed by atoms with van der Waals surface area (Å²) in [5.74, 6) is -1.64. The Morgan fingerprint density at radius 2 is 2.16 bits per heavy atom. The van der Waals surface area contributed by atoms with Crippen LogP contribution in [0.25, 0.3) is 0 Å². The molecule has 0 radical (unpaired) electrons. The molecule has 1 aliphatic rings. The van der Waals surface area contributed by atoms with Gasteiger partial charge in [-0.05, 0) is 25.8 Å². The van der Waals surface area contributed by atoms with Crippen LogP contribution >= 0.6 is 0 Å². The molecule has 1 saturated carbocycles. The Labute approximate surface area is 110 Å². The Kier molecular flexibility index (Phi) is 3.85. The lowest BCUT2D eigenvalue weighted by molar-refractivity contribution is -0.130. The van der Waals surface area contributed by atoms with Gasteiger partial charge in [0, 0.05) is 18.2 Å². The minimum absolute atomic E-state index is 0.128. The third-order valence-corrected chi connectivity index (χ3v) is 3.65. The molecule has 19 heavy (non-hydrogen) atoms. The van der Waals surface area contributed by atoms with E-state index in [1.807, 2.05) is 0 Å². The van der Waals surface area contributed by atoms with E-state index in [0.29, 0.717) is 12.8 Å². The molecule has 1 amide bonds. The van der Waals surface area contributed by atoms with E-state index in [1.165, 1.54) is 12.1 Å². The first-order valence-corrected chi connectivity index (χ1v) is 6.37. The van der Waals surface area contributed by atoms with Crippen molar-refractivity contribution >= 4 is 5.91 Å². The van der Waals surface area contributed by atoms with Gasteiger partial charge in [0.1, 0.15) is 11.6 Å². The topological polar surface area (TPSA) is 49.3 Å². The molecule has 0 spiro atoms. The molecule has 1 aromatic carbocycles. The van der Waals surface area contributed by atoms with Crippen LogP contribution in [0.3, 0.4) is 0 Å². The Morgan fingerprint density at radius 3 is 2.63 bits per heavy atom. The van der Waals surface area contributed by atoms with Gasteiger partial charge in [-0.15, -0.1) is 0 Å². The number of aliphatic hydroxyl groups is 1. The van der Waals surface area contributed by atoms with E-state index < -0.39 is 23.2 Å². The van der Waals surface area contributed by atoms with E-state index in [1.54, 1.807) is 6.92 Å². The molecular formula is C14H17F2NO2. The fraction of sp³-hybridized carbons (Fsp3) is 0.500. The molecule has 2 N–H and O–H groups in total. The molecule has 1 unspecified atom stereocenters. The standard InChI is InChI=1S/C14H17F2NO2/c1-9(18)8-17-13(19)14(5-2-6-14)11-4-3-10(15)7-12(11)16/h3-4,7,9,18H,2,5-6,8H2,1H3,(H,17,19). The smallest absolute Gasteiger partial charge is 0.230 e. The lowest BCUT2D eigenvalue weighted by Gasteiger charge is -2.41. The Morgan fingerprint density at radius 1 is 1.47 bits per heavy atom. The lowest BCUT2D eigenvalue weighted by Crippen LogP contribution is -2.51. The summed E-state index contributed by atoms with van der Waals surface area (Å²) < 4.78 is 26.8. The molecule has 0 saturated heterocycles. The third-order valence-electron chi connectivity index (χ3n) is 3.65. The molecule has 104 valence electrons. The fourth-order valence-electron chi connectivity index (χ4n) is 2.44. The molecule has 2 rings (SSSR count). The van der Waals surface area contributed by atoms with Gasteiger partial charge in [-0.2, -0.15) is 0 Å². The minimum Gasteiger partial charge on any atom is -0.392 e. The van der Waals surface area contributed by atoms with Crippen LogP contribution in [0.1, 0.15) is 31.7 Å². The highest BCUT2D eigenvalue weighted by atomic mass is 19.1. The van der Waals surface area contributed by atoms with Crippen LogP contribution in [0.5, 0.6) is 0 Å². The number of rotatable bonds is 4. The van der Waals surface area contributed by atoms with Crippen molar-refractivity contribution in [1.82, 2.24) is 5.32 Å². The summed E-state index contributed by atoms with van der Waals surface area (Å²) in [7, 11) is 0. The molecule has 0 aliphatic heterocycles. The van der Waals surface area contributed by atoms with E-state index in [-0.39, 0.29) is 18.0 Å². The average molecular weight is 269 g/mol. The summed E-state index contributed by atoms with van der Waals surface area (Å²) in [4.78, 5) is 12.2. The maximum Gasteiger partial charge on any atom is 0.230 e. The number of hydrogen-bond donors (Lipinski definition) is 2. The number of carbonyl (C=O) groups excluding carboxylic acids is 1. The molecule has 1 aromatic rings. The molecule has 0 bridgehead atoms. The SMILES string of the molecule is CC(O)CNC(=O)C1(c2ccc(F)cc2F)CCC1. The van der Waals surface area contributed by atoms with Gasteiger partial charge < -0.3 is 10.4 Å². The Balaban J connectivity index is 2.24. The van der Waals surface area contributed by atoms with Gasteiger partial charge in [-0.1, -0.05) is 12.5 Å². The van der Waals surface area contributed by atoms with Crippen LogP contribution in [0.15, 0.2) is 18.2 Å². The predicted octanol–water partition coefficient (Wildman–Crippen LogP) is 1.88. The van der Waals surface area contributed by atoms with Crippen LogP contribution in [-0.2, 0) is 10.2 Å². The monoisotopic (exact) mass is 269 g/mol. The van der Waals surface area contributed by atoms with E-state index >= 15 is 0 Å². The summed E-state index contributed by atoms with van der Waals surface area (Å²) in [6, 6.07) is 3.31. The quantitative estimate of drug-likeness (QED) is 0.877. The molecule has 5 heteroatoms. The second-order valence-corrected chi connectivity index (χ2v) is 5.12. The van der Waals surface area contributed by atoms with Gasteiger partial charge in [-0.3, -0.25) is 4.79 Å². The van der Waals surface area contributed by atoms with Crippen LogP contribution in [0.4, 0.5) is 8.78 Å². The van der Waals surface area contributed by atoms with E-state index in [0.717, 1.165) is 12.5 Å². The second-order valence-electron chi connectivity index (χ2n) is 5.12. The van der Waals surface area contributed by atoms with Crippen molar-refractivity contribution in [2.45, 2.75) is 37.7 Å². The van der Waals surface area contributed by atoms with E-state index in [4.69, 9.17) is 0 Å². The Hall–Kier alpha value is -1.49. The Bertz CT molecular complexity index is 484. The molecule has 1 fully saturated rings. The van der Waals surface area contributed by atoms with Crippen molar-refractivity contribution in [1.29, 1.82) is 0 Å². The zero-order chi connectivity index (χ0) is 14.0. The molecular weight excluding hydrogens is 252 g/mol. The van der Waals surface area contributed by atoms with Gasteiger partial charge in [0.25, 0.3) is 0 Å². The molecule has 1 aliphatic carbocycles. The first-order chi connectivity index (χ1) is 8.95. The van der Waals surface area contributed by atoms with Gasteiger partial charge in [-0.25, -0.2) is 8.78 Å². The summed E-state index contributed by atoms with van der Waals surface area (Å²) in [5, 5.41) is 11.8. The average Bonchev–Trinajstić information content (AvgIpc) is 2.27. The van der Waals surface area contributed by atoms with Gasteiger partial charge in [0.2, 0.25) is 5.91 Å². The van der Waals surface area contributed by atoms with Gasteiger partial charge in [0.05, 0.1) is 11.5 Å². The predicted molar refractivity (Wildman–Crippen MR) is 66.6 cm³/mol. The second kappa shape index (κ2) is 5.25. The number of aliphatic hydroxyl groups excluding tert-OH is 1. The number of amides is 1. The van der Waals surface area contributed by atoms with Gasteiger partial charge in [0.15, 0.2) is 0 Å². The zero-order valence-electron chi connectivity index (χ0n) is 10.7. The number of carbonyl (C=O) groups is 1. The summed E-state index contributed by atoms with van der Waals surface area (Å²) in [5.41, 5.74) is -0.671. The highest BCUT2D eigenvalue weighted by Crippen LogP contribution is 2.45. The number of hydrogen-bond acceptors (Lipinski definition) is 2. The first-order valence-electron chi connectivity index (χ1n) is 6.37. The summed E-state index contributed by atoms with van der Waals surface area (Å²) in [6.45, 7) is 1.69. The van der Waals surface area contributed by atoms with Crippen molar-refractivity contribution in [3.63, 3.8) is 0 Å². The zero-order valence-corrected chi connectivity index (χ0v) is 10.7. The largest absolute Gasteiger partial charge is 0.392 e. The normalized spacial score (nSPS) is 18.5. The fourth-order valence-corrected chi connectivity index (χ4v) is 2.44. The minimum atomic E-state index is -0.910. The van der Waals surface area contributed by atoms with Crippen LogP contribution in [0.2, 0.25) is 0 Å². The number of nitrogens with one attached hydrogen (secondary N) is 1. The van der Waals surface area contributed by atoms with Crippen LogP contribution in [0, 0.1) is 11.6 Å². The van der Waals surface area contributed by atoms with Gasteiger partial charge >= 0.3 is 0 Å². The molecule has 1 atom stereocenters. The highest BCUT2D eigenvalue weighted by Gasteiger charge is 2.47. The van der Waals surface area contributed by atoms with Crippen molar-refractivity contribution in [3.8, 4) is 0 Å². The number of halogens is 2. The maximum atomic E-state index is 13.9. The van der Waals surface area contributed by atoms with E-state index in [2.05, 4.69) is 5.32 Å². The van der Waals surface area contributed by atoms with Crippen LogP contribution < -0.4 is 5.32 Å².